The molecule has 3 aliphatic rings. The summed E-state index contributed by atoms with van der Waals surface area (Å²) >= 11 is 0. The first kappa shape index (κ1) is 42.6. The summed E-state index contributed by atoms with van der Waals surface area (Å²) in [6.07, 6.45) is 2.33. The van der Waals surface area contributed by atoms with Crippen LogP contribution in [0.4, 0.5) is 17.1 Å². The van der Waals surface area contributed by atoms with Gasteiger partial charge in [0, 0.05) is 16.9 Å². The molecule has 11 aromatic carbocycles. The van der Waals surface area contributed by atoms with Crippen LogP contribution in [0.15, 0.2) is 237 Å². The first-order valence-electron chi connectivity index (χ1n) is 25.8. The summed E-state index contributed by atoms with van der Waals surface area (Å²) in [4.78, 5) is 2.54. The quantitative estimate of drug-likeness (QED) is 0.161. The molecular weight excluding hydrogens is 867 g/mol. The standard InChI is InChI=1S/C71H55N/c1-69(2)39-40-70(3,4)67-43-54(33-38-65(67)69)60-44-61-59-21-11-14-24-64(59)71(62-22-12-9-19-57(62)58-20-10-13-23-63(58)71)66(61)45-68(60)72(55-34-29-48(30-35-55)52-27-25-46-15-5-7-17-50(46)41-52)56-36-31-49(32-37-56)53-28-26-47-16-6-8-18-51(47)42-53/h5-38,41-45H,39-40H2,1-4H3. The number of anilines is 3. The Morgan fingerprint density at radius 2 is 0.694 bits per heavy atom. The molecule has 0 N–H and O–H groups in total. The van der Waals surface area contributed by atoms with Crippen molar-refractivity contribution in [3.8, 4) is 55.6 Å². The fourth-order valence-electron chi connectivity index (χ4n) is 13.1. The van der Waals surface area contributed by atoms with E-state index in [-0.39, 0.29) is 10.8 Å². The van der Waals surface area contributed by atoms with Gasteiger partial charge in [-0.15, -0.1) is 0 Å². The highest BCUT2D eigenvalue weighted by molar-refractivity contribution is 6.01. The van der Waals surface area contributed by atoms with Crippen molar-refractivity contribution in [3.63, 3.8) is 0 Å². The predicted octanol–water partition coefficient (Wildman–Crippen LogP) is 19.2. The molecule has 14 rings (SSSR count). The molecule has 0 saturated heterocycles. The van der Waals surface area contributed by atoms with Crippen molar-refractivity contribution in [1.82, 2.24) is 0 Å². The molecule has 3 aliphatic carbocycles. The predicted molar refractivity (Wildman–Crippen MR) is 304 cm³/mol. The average Bonchev–Trinajstić information content (AvgIpc) is 3.89. The van der Waals surface area contributed by atoms with Gasteiger partial charge in [0.05, 0.1) is 11.1 Å². The monoisotopic (exact) mass is 921 g/mol. The Morgan fingerprint density at radius 3 is 1.21 bits per heavy atom. The molecule has 344 valence electrons. The van der Waals surface area contributed by atoms with Crippen molar-refractivity contribution in [3.05, 3.63) is 270 Å². The zero-order chi connectivity index (χ0) is 48.3. The number of nitrogens with zero attached hydrogens (tertiary/aromatic N) is 1. The second-order valence-electron chi connectivity index (χ2n) is 21.9. The van der Waals surface area contributed by atoms with E-state index in [0.29, 0.717) is 0 Å². The normalized spacial score (nSPS) is 15.2. The van der Waals surface area contributed by atoms with Crippen LogP contribution in [-0.4, -0.2) is 0 Å². The van der Waals surface area contributed by atoms with Crippen molar-refractivity contribution in [2.45, 2.75) is 56.8 Å². The van der Waals surface area contributed by atoms with Crippen LogP contribution < -0.4 is 4.90 Å². The lowest BCUT2D eigenvalue weighted by Gasteiger charge is -2.42. The van der Waals surface area contributed by atoms with Gasteiger partial charge in [0.1, 0.15) is 0 Å². The molecule has 0 amide bonds. The molecule has 0 aliphatic heterocycles. The Labute approximate surface area is 423 Å². The highest BCUT2D eigenvalue weighted by atomic mass is 15.1. The maximum absolute atomic E-state index is 2.59. The molecule has 0 radical (unpaired) electrons. The first-order chi connectivity index (χ1) is 35.2. The minimum Gasteiger partial charge on any atom is -0.310 e. The van der Waals surface area contributed by atoms with E-state index < -0.39 is 5.41 Å². The molecule has 0 heterocycles. The minimum absolute atomic E-state index is 0.0442. The molecular formula is C71H55N. The maximum Gasteiger partial charge on any atom is 0.0726 e. The van der Waals surface area contributed by atoms with Crippen molar-refractivity contribution < 1.29 is 0 Å². The van der Waals surface area contributed by atoms with Gasteiger partial charge < -0.3 is 4.90 Å². The third-order valence-electron chi connectivity index (χ3n) is 16.9. The molecule has 0 aromatic heterocycles. The van der Waals surface area contributed by atoms with Crippen LogP contribution in [0.3, 0.4) is 0 Å². The summed E-state index contributed by atoms with van der Waals surface area (Å²) in [5.74, 6) is 0. The second kappa shape index (κ2) is 15.9. The Bertz CT molecular complexity index is 3810. The van der Waals surface area contributed by atoms with Crippen molar-refractivity contribution >= 4 is 38.6 Å². The molecule has 0 saturated carbocycles. The molecule has 0 fully saturated rings. The van der Waals surface area contributed by atoms with E-state index in [1.807, 2.05) is 0 Å². The second-order valence-corrected chi connectivity index (χ2v) is 21.9. The summed E-state index contributed by atoms with van der Waals surface area (Å²) in [6, 6.07) is 89.6. The number of fused-ring (bicyclic) bond motifs is 13. The summed E-state index contributed by atoms with van der Waals surface area (Å²) < 4.78 is 0. The fraction of sp³-hybridized carbons (Fsp3) is 0.127. The molecule has 0 unspecified atom stereocenters. The van der Waals surface area contributed by atoms with E-state index in [0.717, 1.165) is 23.5 Å². The van der Waals surface area contributed by atoms with Crippen LogP contribution in [-0.2, 0) is 16.2 Å². The average molecular weight is 922 g/mol. The molecule has 72 heavy (non-hydrogen) atoms. The topological polar surface area (TPSA) is 3.24 Å². The van der Waals surface area contributed by atoms with Crippen LogP contribution in [0.5, 0.6) is 0 Å². The van der Waals surface area contributed by atoms with Crippen LogP contribution in [0, 0.1) is 0 Å². The van der Waals surface area contributed by atoms with Crippen LogP contribution >= 0.6 is 0 Å². The Morgan fingerprint density at radius 1 is 0.278 bits per heavy atom. The van der Waals surface area contributed by atoms with Crippen LogP contribution in [0.1, 0.15) is 73.9 Å². The third kappa shape index (κ3) is 6.39. The molecule has 1 nitrogen and oxygen atoms in total. The van der Waals surface area contributed by atoms with Gasteiger partial charge in [0.15, 0.2) is 0 Å². The smallest absolute Gasteiger partial charge is 0.0726 e. The van der Waals surface area contributed by atoms with Gasteiger partial charge in [-0.25, -0.2) is 0 Å². The zero-order valence-corrected chi connectivity index (χ0v) is 41.4. The Hall–Kier alpha value is -8.26. The van der Waals surface area contributed by atoms with Crippen molar-refractivity contribution in [2.75, 3.05) is 4.90 Å². The van der Waals surface area contributed by atoms with Gasteiger partial charge in [-0.05, 0) is 177 Å². The minimum atomic E-state index is -0.500. The van der Waals surface area contributed by atoms with Crippen LogP contribution in [0.25, 0.3) is 77.2 Å². The largest absolute Gasteiger partial charge is 0.310 e. The number of hydrogen-bond acceptors (Lipinski definition) is 1. The van der Waals surface area contributed by atoms with Crippen LogP contribution in [0.2, 0.25) is 0 Å². The van der Waals surface area contributed by atoms with Gasteiger partial charge in [-0.3, -0.25) is 0 Å². The highest BCUT2D eigenvalue weighted by Crippen LogP contribution is 2.64. The van der Waals surface area contributed by atoms with E-state index in [2.05, 4.69) is 269 Å². The molecule has 1 heteroatoms. The molecule has 1 spiro atoms. The van der Waals surface area contributed by atoms with E-state index in [1.54, 1.807) is 0 Å². The number of rotatable bonds is 6. The molecule has 0 bridgehead atoms. The lowest BCUT2D eigenvalue weighted by molar-refractivity contribution is 0.332. The summed E-state index contributed by atoms with van der Waals surface area (Å²) in [5, 5.41) is 5.00. The van der Waals surface area contributed by atoms with Gasteiger partial charge in [0.25, 0.3) is 0 Å². The van der Waals surface area contributed by atoms with Crippen molar-refractivity contribution in [1.29, 1.82) is 0 Å². The maximum atomic E-state index is 2.59. The lowest BCUT2D eigenvalue weighted by atomic mass is 9.63. The third-order valence-corrected chi connectivity index (χ3v) is 16.9. The molecule has 11 aromatic rings. The zero-order valence-electron chi connectivity index (χ0n) is 41.4. The number of benzene rings is 11. The summed E-state index contributed by atoms with van der Waals surface area (Å²) in [6.45, 7) is 9.76. The summed E-state index contributed by atoms with van der Waals surface area (Å²) in [5.41, 5.74) is 23.8. The fourth-order valence-corrected chi connectivity index (χ4v) is 13.1. The van der Waals surface area contributed by atoms with Gasteiger partial charge >= 0.3 is 0 Å². The first-order valence-corrected chi connectivity index (χ1v) is 25.8. The van der Waals surface area contributed by atoms with E-state index >= 15 is 0 Å². The Balaban J connectivity index is 1.04. The van der Waals surface area contributed by atoms with Crippen molar-refractivity contribution in [2.24, 2.45) is 0 Å². The van der Waals surface area contributed by atoms with E-state index in [4.69, 9.17) is 0 Å². The summed E-state index contributed by atoms with van der Waals surface area (Å²) in [7, 11) is 0. The van der Waals surface area contributed by atoms with Gasteiger partial charge in [0.2, 0.25) is 0 Å². The highest BCUT2D eigenvalue weighted by Gasteiger charge is 2.52. The van der Waals surface area contributed by atoms with E-state index in [1.165, 1.54) is 117 Å². The molecule has 0 atom stereocenters. The lowest BCUT2D eigenvalue weighted by Crippen LogP contribution is -2.33. The van der Waals surface area contributed by atoms with Gasteiger partial charge in [-0.1, -0.05) is 216 Å². The SMILES string of the molecule is CC1(C)CCC(C)(C)c2cc(-c3cc4c(cc3N(c3ccc(-c5ccc6ccccc6c5)cc3)c3ccc(-c5ccc6ccccc6c5)cc3)C3(c5ccccc5-c5ccccc53)c3ccccc3-4)ccc21. The Kier molecular flexibility index (Phi) is 9.39. The van der Waals surface area contributed by atoms with Gasteiger partial charge in [-0.2, -0.15) is 0 Å². The number of hydrogen-bond donors (Lipinski definition) is 0. The van der Waals surface area contributed by atoms with E-state index in [9.17, 15) is 0 Å².